The second kappa shape index (κ2) is 8.54. The molecule has 0 aliphatic carbocycles. The third kappa shape index (κ3) is 4.58. The maximum atomic E-state index is 13.1. The molecule has 150 valence electrons. The van der Waals surface area contributed by atoms with E-state index in [2.05, 4.69) is 15.5 Å². The van der Waals surface area contributed by atoms with Gasteiger partial charge in [0.2, 0.25) is 11.8 Å². The van der Waals surface area contributed by atoms with Crippen LogP contribution in [0.15, 0.2) is 28.8 Å². The molecule has 1 aromatic heterocycles. The van der Waals surface area contributed by atoms with Crippen LogP contribution in [0.4, 0.5) is 0 Å². The molecular formula is C21H28N4O3. The largest absolute Gasteiger partial charge is 0.341 e. The van der Waals surface area contributed by atoms with Crippen molar-refractivity contribution >= 4 is 11.8 Å². The Labute approximate surface area is 165 Å². The Morgan fingerprint density at radius 3 is 2.32 bits per heavy atom. The number of aromatic nitrogens is 2. The minimum Gasteiger partial charge on any atom is -0.341 e. The first kappa shape index (κ1) is 20.0. The van der Waals surface area contributed by atoms with Gasteiger partial charge in [0.05, 0.1) is 0 Å². The Morgan fingerprint density at radius 2 is 1.79 bits per heavy atom. The molecule has 0 saturated carbocycles. The molecule has 3 rings (SSSR count). The number of aryl methyl sites for hydroxylation is 2. The van der Waals surface area contributed by atoms with Crippen molar-refractivity contribution in [3.05, 3.63) is 47.1 Å². The van der Waals surface area contributed by atoms with Gasteiger partial charge in [0.15, 0.2) is 5.82 Å². The number of amides is 2. The molecule has 1 aliphatic rings. The van der Waals surface area contributed by atoms with Gasteiger partial charge in [0.25, 0.3) is 5.91 Å². The van der Waals surface area contributed by atoms with E-state index in [1.165, 1.54) is 0 Å². The normalized spacial score (nSPS) is 16.2. The molecule has 7 nitrogen and oxygen atoms in total. The van der Waals surface area contributed by atoms with Gasteiger partial charge in [-0.25, -0.2) is 0 Å². The number of carbonyl (C=O) groups is 2. The molecule has 1 saturated heterocycles. The highest BCUT2D eigenvalue weighted by Crippen LogP contribution is 2.27. The standard InChI is InChI=1S/C21H28N4O3/c1-13(2)18(23-19(26)16-7-5-14(3)6-8-16)21(27)25-11-9-17(10-12-25)20-22-15(4)24-28-20/h5-8,13,17-18H,9-12H2,1-4H3,(H,23,26)/t18-/m1/s1. The van der Waals surface area contributed by atoms with Crippen molar-refractivity contribution in [3.63, 3.8) is 0 Å². The smallest absolute Gasteiger partial charge is 0.251 e. The summed E-state index contributed by atoms with van der Waals surface area (Å²) in [6.07, 6.45) is 1.56. The molecule has 2 aromatic rings. The van der Waals surface area contributed by atoms with E-state index in [0.717, 1.165) is 18.4 Å². The van der Waals surface area contributed by atoms with Crippen molar-refractivity contribution in [3.8, 4) is 0 Å². The van der Waals surface area contributed by atoms with Crippen molar-refractivity contribution in [2.45, 2.75) is 52.5 Å². The van der Waals surface area contributed by atoms with Gasteiger partial charge in [-0.05, 0) is 44.7 Å². The lowest BCUT2D eigenvalue weighted by molar-refractivity contribution is -0.135. The highest BCUT2D eigenvalue weighted by molar-refractivity contribution is 5.97. The zero-order valence-corrected chi connectivity index (χ0v) is 16.9. The predicted octanol–water partition coefficient (Wildman–Crippen LogP) is 2.85. The number of benzene rings is 1. The van der Waals surface area contributed by atoms with Gasteiger partial charge in [-0.3, -0.25) is 9.59 Å². The number of likely N-dealkylation sites (tertiary alicyclic amines) is 1. The van der Waals surface area contributed by atoms with Crippen LogP contribution in [0.3, 0.4) is 0 Å². The number of nitrogens with zero attached hydrogens (tertiary/aromatic N) is 3. The van der Waals surface area contributed by atoms with Crippen LogP contribution in [-0.2, 0) is 4.79 Å². The van der Waals surface area contributed by atoms with E-state index < -0.39 is 6.04 Å². The van der Waals surface area contributed by atoms with Crippen LogP contribution in [-0.4, -0.2) is 46.0 Å². The zero-order valence-electron chi connectivity index (χ0n) is 16.9. The Kier molecular flexibility index (Phi) is 6.11. The molecule has 1 aromatic carbocycles. The molecule has 2 amide bonds. The van der Waals surface area contributed by atoms with Crippen LogP contribution in [0.1, 0.15) is 60.2 Å². The highest BCUT2D eigenvalue weighted by Gasteiger charge is 2.33. The van der Waals surface area contributed by atoms with Gasteiger partial charge in [-0.15, -0.1) is 0 Å². The monoisotopic (exact) mass is 384 g/mol. The average molecular weight is 384 g/mol. The summed E-state index contributed by atoms with van der Waals surface area (Å²) in [5, 5.41) is 6.77. The molecule has 1 N–H and O–H groups in total. The van der Waals surface area contributed by atoms with Gasteiger partial charge in [-0.2, -0.15) is 4.98 Å². The number of hydrogen-bond donors (Lipinski definition) is 1. The molecule has 1 atom stereocenters. The van der Waals surface area contributed by atoms with Crippen molar-refractivity contribution in [2.24, 2.45) is 5.92 Å². The number of piperidine rings is 1. The lowest BCUT2D eigenvalue weighted by Crippen LogP contribution is -2.52. The number of hydrogen-bond acceptors (Lipinski definition) is 5. The molecule has 0 bridgehead atoms. The second-order valence-electron chi connectivity index (χ2n) is 7.84. The van der Waals surface area contributed by atoms with E-state index >= 15 is 0 Å². The lowest BCUT2D eigenvalue weighted by atomic mass is 9.94. The quantitative estimate of drug-likeness (QED) is 0.856. The van der Waals surface area contributed by atoms with Gasteiger partial charge < -0.3 is 14.7 Å². The molecular weight excluding hydrogens is 356 g/mol. The summed E-state index contributed by atoms with van der Waals surface area (Å²) in [5.41, 5.74) is 1.65. The first-order valence-electron chi connectivity index (χ1n) is 9.81. The molecule has 7 heteroatoms. The number of nitrogens with one attached hydrogen (secondary N) is 1. The van der Waals surface area contributed by atoms with Crippen LogP contribution in [0, 0.1) is 19.8 Å². The maximum Gasteiger partial charge on any atom is 0.251 e. The van der Waals surface area contributed by atoms with Crippen LogP contribution < -0.4 is 5.32 Å². The Bertz CT molecular complexity index is 820. The number of rotatable bonds is 5. The SMILES string of the molecule is Cc1ccc(C(=O)N[C@@H](C(=O)N2CCC(c3nc(C)no3)CC2)C(C)C)cc1. The number of carbonyl (C=O) groups excluding carboxylic acids is 2. The van der Waals surface area contributed by atoms with Gasteiger partial charge in [0, 0.05) is 24.6 Å². The summed E-state index contributed by atoms with van der Waals surface area (Å²) < 4.78 is 5.27. The molecule has 0 spiro atoms. The van der Waals surface area contributed by atoms with Gasteiger partial charge >= 0.3 is 0 Å². The van der Waals surface area contributed by atoms with Crippen molar-refractivity contribution < 1.29 is 14.1 Å². The van der Waals surface area contributed by atoms with Gasteiger partial charge in [0.1, 0.15) is 6.04 Å². The predicted molar refractivity (Wildman–Crippen MR) is 105 cm³/mol. The Balaban J connectivity index is 1.61. The fourth-order valence-corrected chi connectivity index (χ4v) is 3.47. The molecule has 2 heterocycles. The topological polar surface area (TPSA) is 88.3 Å². The first-order valence-corrected chi connectivity index (χ1v) is 9.81. The molecule has 0 radical (unpaired) electrons. The minimum atomic E-state index is -0.545. The average Bonchev–Trinajstić information content (AvgIpc) is 3.12. The van der Waals surface area contributed by atoms with E-state index in [1.807, 2.05) is 37.8 Å². The van der Waals surface area contributed by atoms with Crippen molar-refractivity contribution in [1.29, 1.82) is 0 Å². The minimum absolute atomic E-state index is 0.00166. The molecule has 28 heavy (non-hydrogen) atoms. The fraction of sp³-hybridized carbons (Fsp3) is 0.524. The summed E-state index contributed by atoms with van der Waals surface area (Å²) in [6, 6.07) is 6.81. The van der Waals surface area contributed by atoms with Crippen molar-refractivity contribution in [1.82, 2.24) is 20.4 Å². The van der Waals surface area contributed by atoms with E-state index in [4.69, 9.17) is 4.52 Å². The third-order valence-corrected chi connectivity index (χ3v) is 5.23. The molecule has 1 aliphatic heterocycles. The fourth-order valence-electron chi connectivity index (χ4n) is 3.47. The third-order valence-electron chi connectivity index (χ3n) is 5.23. The second-order valence-corrected chi connectivity index (χ2v) is 7.84. The Hall–Kier alpha value is -2.70. The van der Waals surface area contributed by atoms with E-state index in [1.54, 1.807) is 19.1 Å². The van der Waals surface area contributed by atoms with Crippen LogP contribution in [0.5, 0.6) is 0 Å². The van der Waals surface area contributed by atoms with E-state index in [0.29, 0.717) is 30.4 Å². The summed E-state index contributed by atoms with van der Waals surface area (Å²) in [6.45, 7) is 8.91. The zero-order chi connectivity index (χ0) is 20.3. The van der Waals surface area contributed by atoms with Crippen LogP contribution >= 0.6 is 0 Å². The molecule has 0 unspecified atom stereocenters. The first-order chi connectivity index (χ1) is 13.3. The lowest BCUT2D eigenvalue weighted by Gasteiger charge is -2.34. The van der Waals surface area contributed by atoms with Crippen molar-refractivity contribution in [2.75, 3.05) is 13.1 Å². The van der Waals surface area contributed by atoms with E-state index in [-0.39, 0.29) is 23.7 Å². The summed E-state index contributed by atoms with van der Waals surface area (Å²) in [7, 11) is 0. The van der Waals surface area contributed by atoms with E-state index in [9.17, 15) is 9.59 Å². The molecule has 1 fully saturated rings. The summed E-state index contributed by atoms with van der Waals surface area (Å²) >= 11 is 0. The highest BCUT2D eigenvalue weighted by atomic mass is 16.5. The van der Waals surface area contributed by atoms with Gasteiger partial charge in [-0.1, -0.05) is 36.7 Å². The summed E-state index contributed by atoms with van der Waals surface area (Å²) in [4.78, 5) is 31.8. The van der Waals surface area contributed by atoms with Crippen LogP contribution in [0.2, 0.25) is 0 Å². The Morgan fingerprint density at radius 1 is 1.14 bits per heavy atom. The maximum absolute atomic E-state index is 13.1. The summed E-state index contributed by atoms with van der Waals surface area (Å²) in [5.74, 6) is 1.21. The van der Waals surface area contributed by atoms with Crippen LogP contribution in [0.25, 0.3) is 0 Å².